The summed E-state index contributed by atoms with van der Waals surface area (Å²) in [5, 5.41) is 95.8. The molecular formula is C106H59BBrCl2N9O11. The molecule has 618 valence electrons. The Kier molecular flexibility index (Phi) is 21.1. The fourth-order valence-corrected chi connectivity index (χ4v) is 18.2. The first kappa shape index (κ1) is 81.3. The SMILES string of the molecule is N#Cc1cc(-n2c3ccccc3c3c4oc5ccccc5c4ccc32)c(C#N)cc1-n1c2ccccc2c2c3oc4ccccc4c3ccc21.N#Cc1cc(Cl)c(C#N)cc1Cl.O=[N+]([O-])c1ccccc1-c1cccc2c1oc1ccccc12.O=[N+]([O-])c1ccccc1Br.OB(O)c1cccc2c1oc1ccccc12.c1ccc2c(c1)[nH]c1ccc3c4ccccc4oc3c12. The standard InChI is InChI=1S/C44H22N4O2.C18H11NO3.C18H11NO.C12H9BO3.C8H2Cl2N2.C6H4BrNO2/c45-23-25-22-38(48-34-14-6-2-12-32(34)42-36(48)20-18-30-28-10-4-8-16-40(28)50-44(30)42)26(24-46)21-37(25)47-33-13-5-1-11-31(33)41-35(47)19-17-29-27-9-3-7-15-39(27)49-43(29)41;20-19(21)16-10-3-1-6-12(16)14-8-5-9-15-13-7-2-4-11-17(13)22-18(14)15;1-3-7-14-13(6-1)17-15(19-14)10-9-12-11-5-2-4-8-16(11)20-18(12)17;14-13(15)10-6-3-5-9-8-4-1-2-7-11(8)16-12(9)10;9-7-1-5(3-11)8(10)2-6(7)4-12;7-5-3-1-2-4-6(5)8(9)10/h1-22H;1-11H;1-10,19H;1-7,14-15H;1-2H;1-4H. The van der Waals surface area contributed by atoms with Gasteiger partial charge in [-0.1, -0.05) is 229 Å². The predicted molar refractivity (Wildman–Crippen MR) is 518 cm³/mol. The van der Waals surface area contributed by atoms with E-state index < -0.39 is 12.0 Å². The summed E-state index contributed by atoms with van der Waals surface area (Å²) in [4.78, 5) is 24.1. The summed E-state index contributed by atoms with van der Waals surface area (Å²) in [5.41, 5.74) is 18.4. The van der Waals surface area contributed by atoms with Crippen LogP contribution in [-0.4, -0.2) is 41.1 Å². The van der Waals surface area contributed by atoms with E-state index in [1.807, 2.05) is 176 Å². The lowest BCUT2D eigenvalue weighted by molar-refractivity contribution is -0.385. The van der Waals surface area contributed by atoms with E-state index >= 15 is 0 Å². The minimum Gasteiger partial charge on any atom is -0.456 e. The summed E-state index contributed by atoms with van der Waals surface area (Å²) in [6, 6.07) is 116. The molecule has 25 aromatic rings. The highest BCUT2D eigenvalue weighted by atomic mass is 79.9. The van der Waals surface area contributed by atoms with Gasteiger partial charge in [0.05, 0.1) is 107 Å². The number of nitro groups is 2. The van der Waals surface area contributed by atoms with Crippen molar-refractivity contribution < 1.29 is 42.0 Å². The summed E-state index contributed by atoms with van der Waals surface area (Å²) < 4.78 is 35.3. The number of aromatic amines is 1. The van der Waals surface area contributed by atoms with Crippen LogP contribution in [0.5, 0.6) is 0 Å². The molecule has 3 N–H and O–H groups in total. The molecule has 0 saturated heterocycles. The maximum Gasteiger partial charge on any atom is 0.492 e. The van der Waals surface area contributed by atoms with E-state index in [0.717, 1.165) is 148 Å². The van der Waals surface area contributed by atoms with E-state index in [2.05, 4.69) is 145 Å². The maximum absolute atomic E-state index is 11.3. The number of nitrogens with zero attached hydrogens (tertiary/aromatic N) is 8. The first-order chi connectivity index (χ1) is 63.6. The number of aromatic nitrogens is 3. The van der Waals surface area contributed by atoms with Gasteiger partial charge in [0.1, 0.15) is 80.1 Å². The van der Waals surface area contributed by atoms with Gasteiger partial charge in [0.2, 0.25) is 0 Å². The topological polar surface area (TPSA) is 313 Å². The zero-order valence-electron chi connectivity index (χ0n) is 67.7. The fraction of sp³-hybridized carbons (Fsp3) is 0. The molecule has 0 unspecified atom stereocenters. The highest BCUT2D eigenvalue weighted by molar-refractivity contribution is 9.10. The van der Waals surface area contributed by atoms with Gasteiger partial charge in [0.25, 0.3) is 11.4 Å². The first-order valence-electron chi connectivity index (χ1n) is 40.6. The molecular weight excluding hydrogens is 1740 g/mol. The Labute approximate surface area is 753 Å². The molecule has 0 fully saturated rings. The average Bonchev–Trinajstić information content (AvgIpc) is 1.55. The van der Waals surface area contributed by atoms with Crippen LogP contribution in [0, 0.1) is 65.6 Å². The van der Waals surface area contributed by atoms with Gasteiger partial charge in [-0.3, -0.25) is 20.2 Å². The van der Waals surface area contributed by atoms with E-state index in [9.17, 15) is 40.8 Å². The number of nitrogens with one attached hydrogen (secondary N) is 1. The van der Waals surface area contributed by atoms with Crippen molar-refractivity contribution in [1.82, 2.24) is 14.1 Å². The van der Waals surface area contributed by atoms with Crippen molar-refractivity contribution in [2.45, 2.75) is 0 Å². The van der Waals surface area contributed by atoms with Crippen LogP contribution in [0.25, 0.3) is 198 Å². The maximum atomic E-state index is 11.3. The van der Waals surface area contributed by atoms with Gasteiger partial charge in [-0.15, -0.1) is 0 Å². The summed E-state index contributed by atoms with van der Waals surface area (Å²) in [6.07, 6.45) is 0. The van der Waals surface area contributed by atoms with Gasteiger partial charge < -0.3 is 46.3 Å². The number of hydrogen-bond donors (Lipinski definition) is 3. The monoisotopic (exact) mass is 1790 g/mol. The second-order valence-electron chi connectivity index (χ2n) is 30.3. The molecule has 8 heterocycles. The summed E-state index contributed by atoms with van der Waals surface area (Å²) in [7, 11) is -1.51. The molecule has 0 saturated carbocycles. The molecule has 8 aromatic heterocycles. The number of hydrogen-bond acceptors (Lipinski definition) is 15. The highest BCUT2D eigenvalue weighted by Gasteiger charge is 2.27. The minimum atomic E-state index is -1.51. The van der Waals surface area contributed by atoms with Crippen LogP contribution in [0.3, 0.4) is 0 Å². The molecule has 0 spiro atoms. The number of nitriles is 4. The Morgan fingerprint density at radius 1 is 0.323 bits per heavy atom. The number of halogens is 3. The van der Waals surface area contributed by atoms with Crippen LogP contribution in [0.15, 0.2) is 366 Å². The van der Waals surface area contributed by atoms with Gasteiger partial charge in [-0.25, -0.2) is 0 Å². The number of H-pyrrole nitrogens is 1. The molecule has 0 atom stereocenters. The molecule has 0 aliphatic heterocycles. The average molecular weight is 1800 g/mol. The molecule has 0 radical (unpaired) electrons. The van der Waals surface area contributed by atoms with E-state index in [1.165, 1.54) is 45.8 Å². The van der Waals surface area contributed by atoms with Crippen LogP contribution < -0.4 is 5.46 Å². The zero-order chi connectivity index (χ0) is 89.1. The van der Waals surface area contributed by atoms with Crippen LogP contribution >= 0.6 is 39.1 Å². The molecule has 0 amide bonds. The molecule has 25 rings (SSSR count). The Hall–Kier alpha value is -17.1. The van der Waals surface area contributed by atoms with Gasteiger partial charge in [0.15, 0.2) is 0 Å². The lowest BCUT2D eigenvalue weighted by Gasteiger charge is -2.15. The normalized spacial score (nSPS) is 11.2. The van der Waals surface area contributed by atoms with Crippen LogP contribution in [-0.2, 0) is 0 Å². The van der Waals surface area contributed by atoms with Gasteiger partial charge >= 0.3 is 7.12 Å². The van der Waals surface area contributed by atoms with Crippen molar-refractivity contribution in [2.24, 2.45) is 0 Å². The summed E-state index contributed by atoms with van der Waals surface area (Å²) in [5.74, 6) is 0. The summed E-state index contributed by atoms with van der Waals surface area (Å²) >= 11 is 14.4. The van der Waals surface area contributed by atoms with Crippen molar-refractivity contribution in [1.29, 1.82) is 21.0 Å². The third kappa shape index (κ3) is 14.1. The van der Waals surface area contributed by atoms with Crippen LogP contribution in [0.2, 0.25) is 10.0 Å². The van der Waals surface area contributed by atoms with Crippen molar-refractivity contribution >= 4 is 238 Å². The number of fused-ring (bicyclic) bond motifs is 27. The quantitative estimate of drug-likeness (QED) is 0.0791. The number of nitro benzene ring substituents is 2. The Balaban J connectivity index is 0.000000109. The lowest BCUT2D eigenvalue weighted by Crippen LogP contribution is -2.29. The minimum absolute atomic E-state index is 0.0791. The first-order valence-corrected chi connectivity index (χ1v) is 42.2. The smallest absolute Gasteiger partial charge is 0.456 e. The number of furan rings is 5. The lowest BCUT2D eigenvalue weighted by atomic mass is 9.79. The Morgan fingerprint density at radius 3 is 1.12 bits per heavy atom. The van der Waals surface area contributed by atoms with E-state index in [0.29, 0.717) is 49.2 Å². The Morgan fingerprint density at radius 2 is 0.669 bits per heavy atom. The second kappa shape index (κ2) is 33.8. The Bertz CT molecular complexity index is 8900. The van der Waals surface area contributed by atoms with Gasteiger partial charge in [-0.2, -0.15) is 21.0 Å². The molecule has 17 aromatic carbocycles. The van der Waals surface area contributed by atoms with Gasteiger partial charge in [-0.05, 0) is 137 Å². The van der Waals surface area contributed by atoms with Crippen molar-refractivity contribution in [3.8, 4) is 46.8 Å². The van der Waals surface area contributed by atoms with Crippen LogP contribution in [0.1, 0.15) is 22.3 Å². The van der Waals surface area contributed by atoms with Crippen molar-refractivity contribution in [2.75, 3.05) is 0 Å². The predicted octanol–water partition coefficient (Wildman–Crippen LogP) is 28.2. The number of benzene rings is 17. The number of para-hydroxylation sites is 12. The third-order valence-corrected chi connectivity index (χ3v) is 24.4. The van der Waals surface area contributed by atoms with E-state index in [-0.39, 0.29) is 37.5 Å². The highest BCUT2D eigenvalue weighted by Crippen LogP contribution is 2.47. The second-order valence-corrected chi connectivity index (χ2v) is 32.0. The molecule has 0 bridgehead atoms. The molecule has 0 aliphatic rings. The van der Waals surface area contributed by atoms with Crippen molar-refractivity contribution in [3.05, 3.63) is 397 Å². The third-order valence-electron chi connectivity index (χ3n) is 23.1. The number of rotatable bonds is 6. The van der Waals surface area contributed by atoms with Gasteiger partial charge in [0, 0.05) is 98.7 Å². The molecule has 20 nitrogen and oxygen atoms in total. The molecule has 24 heteroatoms. The van der Waals surface area contributed by atoms with Crippen molar-refractivity contribution in [3.63, 3.8) is 0 Å². The fourth-order valence-electron chi connectivity index (χ4n) is 17.3. The summed E-state index contributed by atoms with van der Waals surface area (Å²) in [6.45, 7) is 0. The molecule has 0 aliphatic carbocycles. The largest absolute Gasteiger partial charge is 0.492 e. The van der Waals surface area contributed by atoms with E-state index in [4.69, 9.17) is 55.8 Å². The molecule has 130 heavy (non-hydrogen) atoms. The van der Waals surface area contributed by atoms with Crippen LogP contribution in [0.4, 0.5) is 11.4 Å². The zero-order valence-corrected chi connectivity index (χ0v) is 70.8. The van der Waals surface area contributed by atoms with E-state index in [1.54, 1.807) is 48.5 Å².